The Hall–Kier alpha value is -1.04. The van der Waals surface area contributed by atoms with Crippen LogP contribution < -0.4 is 0 Å². The second kappa shape index (κ2) is 5.63. The molecule has 3 rings (SSSR count). The molecule has 2 atom stereocenters. The van der Waals surface area contributed by atoms with E-state index in [1.165, 1.54) is 0 Å². The van der Waals surface area contributed by atoms with Crippen LogP contribution in [0.3, 0.4) is 0 Å². The molecule has 2 heterocycles. The number of amides is 1. The third-order valence-electron chi connectivity index (χ3n) is 4.97. The van der Waals surface area contributed by atoms with Crippen LogP contribution in [0.15, 0.2) is 12.3 Å². The number of nitrogens with one attached hydrogen (secondary N) is 1. The number of aliphatic hydroxyl groups excluding tert-OH is 1. The quantitative estimate of drug-likeness (QED) is 0.898. The molecule has 116 valence electrons. The van der Waals surface area contributed by atoms with Gasteiger partial charge in [-0.05, 0) is 25.8 Å². The molecule has 0 aromatic carbocycles. The summed E-state index contributed by atoms with van der Waals surface area (Å²) in [6.07, 6.45) is 3.74. The fourth-order valence-corrected chi connectivity index (χ4v) is 3.77. The molecule has 2 aliphatic rings. The van der Waals surface area contributed by atoms with Gasteiger partial charge < -0.3 is 19.7 Å². The van der Waals surface area contributed by atoms with E-state index < -0.39 is 0 Å². The molecule has 1 aromatic rings. The standard InChI is InChI=1S/C15H21ClN2O3/c1-2-21-13-8-12(19)15(13)3-5-18(6-4-15)14(20)11-7-10(16)9-17-11/h7,9,12-13,17,19H,2-6,8H2,1H3/t12-,13+/m0/s1. The lowest BCUT2D eigenvalue weighted by Crippen LogP contribution is -2.62. The third-order valence-corrected chi connectivity index (χ3v) is 5.19. The minimum Gasteiger partial charge on any atom is -0.392 e. The largest absolute Gasteiger partial charge is 0.392 e. The van der Waals surface area contributed by atoms with E-state index >= 15 is 0 Å². The van der Waals surface area contributed by atoms with E-state index in [1.807, 2.05) is 11.8 Å². The van der Waals surface area contributed by atoms with Crippen molar-refractivity contribution >= 4 is 17.5 Å². The van der Waals surface area contributed by atoms with Crippen molar-refractivity contribution in [3.05, 3.63) is 23.0 Å². The predicted molar refractivity (Wildman–Crippen MR) is 79.4 cm³/mol. The Morgan fingerprint density at radius 2 is 2.29 bits per heavy atom. The van der Waals surface area contributed by atoms with Crippen molar-refractivity contribution in [2.24, 2.45) is 5.41 Å². The summed E-state index contributed by atoms with van der Waals surface area (Å²) in [6.45, 7) is 3.95. The lowest BCUT2D eigenvalue weighted by molar-refractivity contribution is -0.207. The van der Waals surface area contributed by atoms with Gasteiger partial charge >= 0.3 is 0 Å². The Labute approximate surface area is 129 Å². The predicted octanol–water partition coefficient (Wildman–Crippen LogP) is 2.06. The number of likely N-dealkylation sites (tertiary alicyclic amines) is 1. The fourth-order valence-electron chi connectivity index (χ4n) is 3.60. The molecule has 0 unspecified atom stereocenters. The number of nitrogens with zero attached hydrogens (tertiary/aromatic N) is 1. The number of aliphatic hydroxyl groups is 1. The second-order valence-corrected chi connectivity index (χ2v) is 6.39. The minimum atomic E-state index is -0.300. The maximum Gasteiger partial charge on any atom is 0.270 e. The van der Waals surface area contributed by atoms with Gasteiger partial charge in [0.15, 0.2) is 0 Å². The molecule has 6 heteroatoms. The van der Waals surface area contributed by atoms with Crippen molar-refractivity contribution in [1.82, 2.24) is 9.88 Å². The number of halogens is 1. The van der Waals surface area contributed by atoms with Crippen molar-refractivity contribution in [3.63, 3.8) is 0 Å². The fraction of sp³-hybridized carbons (Fsp3) is 0.667. The van der Waals surface area contributed by atoms with E-state index in [4.69, 9.17) is 16.3 Å². The number of hydrogen-bond donors (Lipinski definition) is 2. The zero-order valence-electron chi connectivity index (χ0n) is 12.1. The van der Waals surface area contributed by atoms with Gasteiger partial charge in [0.05, 0.1) is 17.2 Å². The maximum absolute atomic E-state index is 12.4. The summed E-state index contributed by atoms with van der Waals surface area (Å²) in [5, 5.41) is 10.7. The molecule has 0 radical (unpaired) electrons. The highest BCUT2D eigenvalue weighted by Crippen LogP contribution is 2.51. The van der Waals surface area contributed by atoms with Crippen LogP contribution in [-0.2, 0) is 4.74 Å². The van der Waals surface area contributed by atoms with E-state index in [0.29, 0.717) is 36.8 Å². The van der Waals surface area contributed by atoms with E-state index in [0.717, 1.165) is 12.8 Å². The number of carbonyl (C=O) groups excluding carboxylic acids is 1. The average Bonchev–Trinajstić information content (AvgIpc) is 2.93. The Balaban J connectivity index is 1.63. The third kappa shape index (κ3) is 2.47. The summed E-state index contributed by atoms with van der Waals surface area (Å²) in [6, 6.07) is 1.65. The van der Waals surface area contributed by atoms with Gasteiger partial charge in [-0.15, -0.1) is 0 Å². The van der Waals surface area contributed by atoms with Crippen molar-refractivity contribution in [2.45, 2.75) is 38.4 Å². The van der Waals surface area contributed by atoms with Crippen LogP contribution in [0.4, 0.5) is 0 Å². The van der Waals surface area contributed by atoms with Gasteiger partial charge in [-0.3, -0.25) is 4.79 Å². The molecule has 1 saturated heterocycles. The topological polar surface area (TPSA) is 65.6 Å². The highest BCUT2D eigenvalue weighted by Gasteiger charge is 2.56. The first-order valence-corrected chi connectivity index (χ1v) is 7.87. The zero-order chi connectivity index (χ0) is 15.0. The SMILES string of the molecule is CCO[C@@H]1C[C@H](O)C12CCN(C(=O)c1cc(Cl)c[nH]1)CC2. The Bertz CT molecular complexity index is 521. The van der Waals surface area contributed by atoms with Gasteiger partial charge in [0.2, 0.25) is 0 Å². The highest BCUT2D eigenvalue weighted by molar-refractivity contribution is 6.30. The summed E-state index contributed by atoms with van der Waals surface area (Å²) in [5.41, 5.74) is 0.367. The molecule has 1 aliphatic carbocycles. The lowest BCUT2D eigenvalue weighted by Gasteiger charge is -2.56. The van der Waals surface area contributed by atoms with Crippen LogP contribution in [0, 0.1) is 5.41 Å². The van der Waals surface area contributed by atoms with Crippen LogP contribution in [0.2, 0.25) is 5.02 Å². The van der Waals surface area contributed by atoms with Gasteiger partial charge in [-0.1, -0.05) is 11.6 Å². The first-order chi connectivity index (χ1) is 10.1. The average molecular weight is 313 g/mol. The number of piperidine rings is 1. The van der Waals surface area contributed by atoms with Gasteiger partial charge in [-0.2, -0.15) is 0 Å². The summed E-state index contributed by atoms with van der Waals surface area (Å²) < 4.78 is 5.74. The molecule has 2 N–H and O–H groups in total. The van der Waals surface area contributed by atoms with E-state index in [1.54, 1.807) is 12.3 Å². The first-order valence-electron chi connectivity index (χ1n) is 7.49. The van der Waals surface area contributed by atoms with Gasteiger partial charge in [0, 0.05) is 37.7 Å². The Morgan fingerprint density at radius 3 is 2.81 bits per heavy atom. The molecule has 2 fully saturated rings. The maximum atomic E-state index is 12.4. The van der Waals surface area contributed by atoms with Crippen LogP contribution in [0.1, 0.15) is 36.7 Å². The first kappa shape index (κ1) is 14.9. The summed E-state index contributed by atoms with van der Waals surface area (Å²) in [7, 11) is 0. The number of H-pyrrole nitrogens is 1. The molecule has 0 bridgehead atoms. The minimum absolute atomic E-state index is 0.0291. The molecule has 1 spiro atoms. The normalized spacial score (nSPS) is 27.7. The van der Waals surface area contributed by atoms with Crippen molar-refractivity contribution in [3.8, 4) is 0 Å². The molecule has 1 aliphatic heterocycles. The summed E-state index contributed by atoms with van der Waals surface area (Å²) in [5.74, 6) is -0.0291. The van der Waals surface area contributed by atoms with Gasteiger partial charge in [0.25, 0.3) is 5.91 Å². The smallest absolute Gasteiger partial charge is 0.270 e. The molecular formula is C15H21ClN2O3. The van der Waals surface area contributed by atoms with E-state index in [9.17, 15) is 9.90 Å². The molecule has 1 aromatic heterocycles. The molecule has 1 amide bonds. The van der Waals surface area contributed by atoms with Crippen LogP contribution in [-0.4, -0.2) is 52.8 Å². The van der Waals surface area contributed by atoms with Crippen LogP contribution in [0.5, 0.6) is 0 Å². The summed E-state index contributed by atoms with van der Waals surface area (Å²) in [4.78, 5) is 17.1. The van der Waals surface area contributed by atoms with E-state index in [2.05, 4.69) is 4.98 Å². The number of hydrogen-bond acceptors (Lipinski definition) is 3. The summed E-state index contributed by atoms with van der Waals surface area (Å²) >= 11 is 5.84. The molecular weight excluding hydrogens is 292 g/mol. The van der Waals surface area contributed by atoms with Gasteiger partial charge in [-0.25, -0.2) is 0 Å². The molecule has 5 nitrogen and oxygen atoms in total. The highest BCUT2D eigenvalue weighted by atomic mass is 35.5. The second-order valence-electron chi connectivity index (χ2n) is 5.95. The molecule has 1 saturated carbocycles. The van der Waals surface area contributed by atoms with Gasteiger partial charge in [0.1, 0.15) is 5.69 Å². The zero-order valence-corrected chi connectivity index (χ0v) is 12.9. The lowest BCUT2D eigenvalue weighted by atomic mass is 9.58. The van der Waals surface area contributed by atoms with Crippen molar-refractivity contribution in [2.75, 3.05) is 19.7 Å². The number of ether oxygens (including phenoxy) is 1. The van der Waals surface area contributed by atoms with Crippen molar-refractivity contribution in [1.29, 1.82) is 0 Å². The Kier molecular flexibility index (Phi) is 3.99. The van der Waals surface area contributed by atoms with E-state index in [-0.39, 0.29) is 23.5 Å². The van der Waals surface area contributed by atoms with Crippen LogP contribution in [0.25, 0.3) is 0 Å². The Morgan fingerprint density at radius 1 is 1.57 bits per heavy atom. The monoisotopic (exact) mass is 312 g/mol. The number of aromatic nitrogens is 1. The molecule has 21 heavy (non-hydrogen) atoms. The number of aromatic amines is 1. The number of carbonyl (C=O) groups is 1. The van der Waals surface area contributed by atoms with Crippen molar-refractivity contribution < 1.29 is 14.6 Å². The van der Waals surface area contributed by atoms with Crippen LogP contribution >= 0.6 is 11.6 Å². The number of rotatable bonds is 3.